The molecule has 1 atom stereocenters. The summed E-state index contributed by atoms with van der Waals surface area (Å²) in [6.45, 7) is 0.457. The Kier molecular flexibility index (Phi) is 7.52. The van der Waals surface area contributed by atoms with E-state index in [9.17, 15) is 5.11 Å². The number of rotatable bonds is 9. The number of methoxy groups -OCH3 is 1. The van der Waals surface area contributed by atoms with Crippen LogP contribution in [-0.2, 0) is 13.0 Å². The van der Waals surface area contributed by atoms with Gasteiger partial charge in [0.15, 0.2) is 11.5 Å². The lowest BCUT2D eigenvalue weighted by molar-refractivity contribution is 0.164. The second kappa shape index (κ2) is 10.3. The lowest BCUT2D eigenvalue weighted by atomic mass is 10.0. The largest absolute Gasteiger partial charge is 0.493 e. The summed E-state index contributed by atoms with van der Waals surface area (Å²) in [4.78, 5) is 0. The average molecular weight is 441 g/mol. The minimum absolute atomic E-state index is 0.457. The fraction of sp³-hybridized carbons (Fsp3) is 0.250. The highest BCUT2D eigenvalue weighted by molar-refractivity contribution is 9.10. The van der Waals surface area contributed by atoms with Crippen molar-refractivity contribution in [1.82, 2.24) is 0 Å². The number of hydrogen-bond donors (Lipinski definition) is 1. The van der Waals surface area contributed by atoms with Gasteiger partial charge in [-0.3, -0.25) is 0 Å². The van der Waals surface area contributed by atoms with Crippen LogP contribution in [0.2, 0.25) is 0 Å². The van der Waals surface area contributed by atoms with E-state index in [0.29, 0.717) is 24.5 Å². The number of benzene rings is 3. The quantitative estimate of drug-likeness (QED) is 0.437. The summed E-state index contributed by atoms with van der Waals surface area (Å²) in [5.41, 5.74) is 3.19. The van der Waals surface area contributed by atoms with Gasteiger partial charge in [0.1, 0.15) is 6.61 Å². The molecule has 0 fully saturated rings. The van der Waals surface area contributed by atoms with Crippen LogP contribution in [0.25, 0.3) is 0 Å². The van der Waals surface area contributed by atoms with Crippen molar-refractivity contribution in [3.05, 3.63) is 94.0 Å². The van der Waals surface area contributed by atoms with Crippen molar-refractivity contribution >= 4 is 15.9 Å². The predicted octanol–water partition coefficient (Wildman–Crippen LogP) is 6.09. The molecule has 0 aromatic heterocycles. The molecule has 0 aliphatic carbocycles. The normalized spacial score (nSPS) is 11.8. The van der Waals surface area contributed by atoms with E-state index in [1.54, 1.807) is 7.11 Å². The Hall–Kier alpha value is -2.30. The number of aliphatic hydroxyl groups is 1. The van der Waals surface area contributed by atoms with E-state index in [0.717, 1.165) is 28.4 Å². The Balaban J connectivity index is 1.61. The molecule has 0 radical (unpaired) electrons. The third-order valence-electron chi connectivity index (χ3n) is 4.69. The molecule has 3 nitrogen and oxygen atoms in total. The number of hydrogen-bond acceptors (Lipinski definition) is 3. The van der Waals surface area contributed by atoms with Gasteiger partial charge in [0.05, 0.1) is 13.2 Å². The fourth-order valence-corrected chi connectivity index (χ4v) is 3.59. The second-order valence-electron chi connectivity index (χ2n) is 6.68. The molecule has 1 N–H and O–H groups in total. The van der Waals surface area contributed by atoms with E-state index in [-0.39, 0.29) is 0 Å². The predicted molar refractivity (Wildman–Crippen MR) is 116 cm³/mol. The molecule has 0 saturated heterocycles. The molecular weight excluding hydrogens is 416 g/mol. The Morgan fingerprint density at radius 1 is 0.929 bits per heavy atom. The first-order valence-corrected chi connectivity index (χ1v) is 10.2. The summed E-state index contributed by atoms with van der Waals surface area (Å²) in [5, 5.41) is 10.6. The first-order chi connectivity index (χ1) is 13.7. The van der Waals surface area contributed by atoms with Gasteiger partial charge in [0, 0.05) is 4.47 Å². The Morgan fingerprint density at radius 2 is 1.68 bits per heavy atom. The van der Waals surface area contributed by atoms with E-state index < -0.39 is 6.10 Å². The molecule has 3 aromatic rings. The van der Waals surface area contributed by atoms with E-state index in [4.69, 9.17) is 9.47 Å². The van der Waals surface area contributed by atoms with Crippen LogP contribution >= 0.6 is 15.9 Å². The van der Waals surface area contributed by atoms with Crippen LogP contribution in [-0.4, -0.2) is 12.2 Å². The van der Waals surface area contributed by atoms with Crippen molar-refractivity contribution in [1.29, 1.82) is 0 Å². The van der Waals surface area contributed by atoms with E-state index in [1.165, 1.54) is 5.56 Å². The van der Waals surface area contributed by atoms with Crippen LogP contribution in [0.4, 0.5) is 0 Å². The molecule has 0 aliphatic heterocycles. The summed E-state index contributed by atoms with van der Waals surface area (Å²) in [7, 11) is 1.62. The smallest absolute Gasteiger partial charge is 0.162 e. The van der Waals surface area contributed by atoms with Crippen molar-refractivity contribution in [2.75, 3.05) is 7.11 Å². The minimum Gasteiger partial charge on any atom is -0.493 e. The monoisotopic (exact) mass is 440 g/mol. The van der Waals surface area contributed by atoms with E-state index in [2.05, 4.69) is 22.0 Å². The van der Waals surface area contributed by atoms with Gasteiger partial charge in [-0.2, -0.15) is 0 Å². The van der Waals surface area contributed by atoms with Crippen LogP contribution < -0.4 is 9.47 Å². The molecule has 0 heterocycles. The lowest BCUT2D eigenvalue weighted by Gasteiger charge is -2.16. The van der Waals surface area contributed by atoms with Crippen LogP contribution in [0.1, 0.15) is 35.6 Å². The molecule has 0 spiro atoms. The van der Waals surface area contributed by atoms with Crippen molar-refractivity contribution in [3.8, 4) is 11.5 Å². The molecule has 146 valence electrons. The van der Waals surface area contributed by atoms with E-state index >= 15 is 0 Å². The summed E-state index contributed by atoms with van der Waals surface area (Å²) in [6.07, 6.45) is 1.97. The third-order valence-corrected chi connectivity index (χ3v) is 5.46. The molecule has 1 unspecified atom stereocenters. The zero-order valence-corrected chi connectivity index (χ0v) is 17.6. The molecule has 4 heteroatoms. The van der Waals surface area contributed by atoms with Crippen LogP contribution in [0, 0.1) is 0 Å². The summed E-state index contributed by atoms with van der Waals surface area (Å²) >= 11 is 3.58. The third kappa shape index (κ3) is 5.60. The summed E-state index contributed by atoms with van der Waals surface area (Å²) in [6, 6.07) is 23.8. The first kappa shape index (κ1) is 20.4. The topological polar surface area (TPSA) is 38.7 Å². The zero-order valence-electron chi connectivity index (χ0n) is 16.0. The van der Waals surface area contributed by atoms with Gasteiger partial charge in [-0.15, -0.1) is 0 Å². The van der Waals surface area contributed by atoms with Gasteiger partial charge in [0.2, 0.25) is 0 Å². The molecule has 28 heavy (non-hydrogen) atoms. The maximum atomic E-state index is 10.6. The highest BCUT2D eigenvalue weighted by atomic mass is 79.9. The Morgan fingerprint density at radius 3 is 2.43 bits per heavy atom. The number of ether oxygens (including phenoxy) is 2. The zero-order chi connectivity index (χ0) is 19.8. The second-order valence-corrected chi connectivity index (χ2v) is 7.54. The van der Waals surface area contributed by atoms with Crippen molar-refractivity contribution < 1.29 is 14.6 Å². The van der Waals surface area contributed by atoms with Crippen LogP contribution in [0.3, 0.4) is 0 Å². The highest BCUT2D eigenvalue weighted by Gasteiger charge is 2.13. The van der Waals surface area contributed by atoms with Crippen molar-refractivity contribution in [2.45, 2.75) is 32.0 Å². The van der Waals surface area contributed by atoms with Crippen molar-refractivity contribution in [3.63, 3.8) is 0 Å². The Labute approximate surface area is 175 Å². The number of halogens is 1. The van der Waals surface area contributed by atoms with Gasteiger partial charge < -0.3 is 14.6 Å². The molecule has 3 rings (SSSR count). The fourth-order valence-electron chi connectivity index (χ4n) is 3.10. The van der Waals surface area contributed by atoms with Crippen LogP contribution in [0.5, 0.6) is 11.5 Å². The highest BCUT2D eigenvalue weighted by Crippen LogP contribution is 2.32. The van der Waals surface area contributed by atoms with Crippen LogP contribution in [0.15, 0.2) is 77.3 Å². The van der Waals surface area contributed by atoms with E-state index in [1.807, 2.05) is 66.7 Å². The molecule has 3 aromatic carbocycles. The average Bonchev–Trinajstić information content (AvgIpc) is 2.74. The molecule has 0 amide bonds. The maximum absolute atomic E-state index is 10.6. The SMILES string of the molecule is COc1ccc(C(O)CCCc2ccccc2Br)cc1OCc1ccccc1. The first-order valence-electron chi connectivity index (χ1n) is 9.43. The number of aryl methyl sites for hydroxylation is 1. The van der Waals surface area contributed by atoms with Gasteiger partial charge in [0.25, 0.3) is 0 Å². The Bertz CT molecular complexity index is 880. The molecule has 0 saturated carbocycles. The van der Waals surface area contributed by atoms with Gasteiger partial charge in [-0.05, 0) is 54.2 Å². The van der Waals surface area contributed by atoms with Gasteiger partial charge in [-0.25, -0.2) is 0 Å². The molecule has 0 aliphatic rings. The van der Waals surface area contributed by atoms with Gasteiger partial charge in [-0.1, -0.05) is 70.5 Å². The molecule has 0 bridgehead atoms. The molecular formula is C24H25BrO3. The van der Waals surface area contributed by atoms with Gasteiger partial charge >= 0.3 is 0 Å². The maximum Gasteiger partial charge on any atom is 0.162 e. The summed E-state index contributed by atoms with van der Waals surface area (Å²) < 4.78 is 12.5. The standard InChI is InChI=1S/C24H25BrO3/c1-27-23-15-14-20(16-24(23)28-17-18-8-3-2-4-9-18)22(26)13-7-11-19-10-5-6-12-21(19)25/h2-6,8-10,12,14-16,22,26H,7,11,13,17H2,1H3. The minimum atomic E-state index is -0.535. The summed E-state index contributed by atoms with van der Waals surface area (Å²) in [5.74, 6) is 1.31. The lowest BCUT2D eigenvalue weighted by Crippen LogP contribution is -2.02. The van der Waals surface area contributed by atoms with Crippen molar-refractivity contribution in [2.24, 2.45) is 0 Å². The number of aliphatic hydroxyl groups excluding tert-OH is 1.